The first-order valence-corrected chi connectivity index (χ1v) is 7.93. The fourth-order valence-corrected chi connectivity index (χ4v) is 2.64. The van der Waals surface area contributed by atoms with E-state index in [0.29, 0.717) is 0 Å². The molecule has 0 saturated heterocycles. The summed E-state index contributed by atoms with van der Waals surface area (Å²) >= 11 is 16.3. The summed E-state index contributed by atoms with van der Waals surface area (Å²) in [5.74, 6) is 0. The molecule has 0 amide bonds. The van der Waals surface area contributed by atoms with Crippen molar-refractivity contribution in [3.63, 3.8) is 0 Å². The second-order valence-corrected chi connectivity index (χ2v) is 7.98. The lowest BCUT2D eigenvalue weighted by Gasteiger charge is -2.16. The summed E-state index contributed by atoms with van der Waals surface area (Å²) in [4.78, 5) is 0. The highest BCUT2D eigenvalue weighted by molar-refractivity contribution is 7.84. The van der Waals surface area contributed by atoms with Gasteiger partial charge in [0, 0.05) is 6.04 Å². The van der Waals surface area contributed by atoms with Crippen LogP contribution in [-0.4, -0.2) is 18.8 Å². The minimum absolute atomic E-state index is 0.444. The Morgan fingerprint density at radius 2 is 1.79 bits per heavy atom. The van der Waals surface area contributed by atoms with E-state index >= 15 is 0 Å². The molecule has 4 nitrogen and oxygen atoms in total. The molecule has 0 fully saturated rings. The lowest BCUT2D eigenvalue weighted by atomic mass is 10.1. The van der Waals surface area contributed by atoms with Crippen molar-refractivity contribution in [1.82, 2.24) is 4.72 Å². The Morgan fingerprint density at radius 3 is 2.26 bits per heavy atom. The van der Waals surface area contributed by atoms with Crippen molar-refractivity contribution in [2.75, 3.05) is 6.61 Å². The van der Waals surface area contributed by atoms with Crippen LogP contribution >= 0.6 is 34.8 Å². The predicted molar refractivity (Wildman–Crippen MR) is 77.9 cm³/mol. The van der Waals surface area contributed by atoms with Gasteiger partial charge in [0.05, 0.1) is 0 Å². The van der Waals surface area contributed by atoms with Gasteiger partial charge in [0.1, 0.15) is 6.61 Å². The van der Waals surface area contributed by atoms with Crippen LogP contribution in [0.25, 0.3) is 0 Å². The smallest absolute Gasteiger partial charge is 0.254 e. The summed E-state index contributed by atoms with van der Waals surface area (Å²) in [5, 5.41) is 0. The first-order valence-electron chi connectivity index (χ1n) is 5.39. The van der Waals surface area contributed by atoms with Gasteiger partial charge in [-0.2, -0.15) is 13.1 Å². The first-order chi connectivity index (χ1) is 8.59. The quantitative estimate of drug-likeness (QED) is 0.832. The normalized spacial score (nSPS) is 14.4. The molecule has 19 heavy (non-hydrogen) atoms. The monoisotopic (exact) mass is 345 g/mol. The molecular weight excluding hydrogens is 333 g/mol. The number of hydrogen-bond acceptors (Lipinski definition) is 3. The minimum atomic E-state index is -3.98. The third kappa shape index (κ3) is 6.79. The van der Waals surface area contributed by atoms with E-state index in [1.54, 1.807) is 6.92 Å². The van der Waals surface area contributed by atoms with Gasteiger partial charge in [-0.15, -0.1) is 0 Å². The maximum absolute atomic E-state index is 11.6. The van der Waals surface area contributed by atoms with Gasteiger partial charge in [0.15, 0.2) is 0 Å². The van der Waals surface area contributed by atoms with Gasteiger partial charge in [-0.3, -0.25) is 4.18 Å². The van der Waals surface area contributed by atoms with Crippen molar-refractivity contribution in [2.45, 2.75) is 23.7 Å². The average Bonchev–Trinajstić information content (AvgIpc) is 2.26. The van der Waals surface area contributed by atoms with Crippen molar-refractivity contribution in [3.8, 4) is 0 Å². The molecule has 0 saturated carbocycles. The molecule has 0 radical (unpaired) electrons. The van der Waals surface area contributed by atoms with Gasteiger partial charge in [-0.05, 0) is 19.4 Å². The SMILES string of the molecule is Cc1ccc(C(C)NS(=O)(=O)OCC(Cl)(Cl)Cl)cc1. The molecule has 0 aromatic heterocycles. The summed E-state index contributed by atoms with van der Waals surface area (Å²) in [7, 11) is -3.98. The molecule has 8 heteroatoms. The number of rotatable bonds is 5. The Kier molecular flexibility index (Phi) is 5.92. The lowest BCUT2D eigenvalue weighted by molar-refractivity contribution is 0.314. The second-order valence-electron chi connectivity index (χ2n) is 4.08. The van der Waals surface area contributed by atoms with Gasteiger partial charge in [0.2, 0.25) is 3.79 Å². The predicted octanol–water partition coefficient (Wildman–Crippen LogP) is 3.28. The van der Waals surface area contributed by atoms with E-state index in [1.807, 2.05) is 31.2 Å². The van der Waals surface area contributed by atoms with E-state index in [2.05, 4.69) is 8.91 Å². The standard InChI is InChI=1S/C11H14Cl3NO3S/c1-8-3-5-10(6-4-8)9(2)15-19(16,17)18-7-11(12,13)14/h3-6,9,15H,7H2,1-2H3. The van der Waals surface area contributed by atoms with E-state index in [9.17, 15) is 8.42 Å². The molecular formula is C11H14Cl3NO3S. The van der Waals surface area contributed by atoms with Crippen molar-refractivity contribution in [2.24, 2.45) is 0 Å². The maximum Gasteiger partial charge on any atom is 0.336 e. The second kappa shape index (κ2) is 6.61. The summed E-state index contributed by atoms with van der Waals surface area (Å²) in [6.45, 7) is 3.09. The lowest BCUT2D eigenvalue weighted by Crippen LogP contribution is -2.31. The van der Waals surface area contributed by atoms with Crippen LogP contribution in [0, 0.1) is 6.92 Å². The number of halogens is 3. The Bertz CT molecular complexity index is 511. The van der Waals surface area contributed by atoms with Gasteiger partial charge in [0.25, 0.3) is 0 Å². The van der Waals surface area contributed by atoms with E-state index in [0.717, 1.165) is 11.1 Å². The van der Waals surface area contributed by atoms with Crippen LogP contribution in [0.1, 0.15) is 24.1 Å². The first kappa shape index (κ1) is 17.0. The van der Waals surface area contributed by atoms with Gasteiger partial charge in [-0.25, -0.2) is 0 Å². The molecule has 108 valence electrons. The summed E-state index contributed by atoms with van der Waals surface area (Å²) in [6, 6.07) is 7.00. The fourth-order valence-electron chi connectivity index (χ4n) is 1.32. The van der Waals surface area contributed by atoms with Crippen molar-refractivity contribution >= 4 is 45.1 Å². The topological polar surface area (TPSA) is 55.4 Å². The number of nitrogens with one attached hydrogen (secondary N) is 1. The molecule has 1 unspecified atom stereocenters. The van der Waals surface area contributed by atoms with Crippen molar-refractivity contribution in [3.05, 3.63) is 35.4 Å². The Balaban J connectivity index is 2.65. The number of aryl methyl sites for hydroxylation is 1. The van der Waals surface area contributed by atoms with Crippen LogP contribution < -0.4 is 4.72 Å². The highest BCUT2D eigenvalue weighted by Crippen LogP contribution is 2.26. The van der Waals surface area contributed by atoms with Crippen LogP contribution in [0.5, 0.6) is 0 Å². The molecule has 0 bridgehead atoms. The van der Waals surface area contributed by atoms with Crippen LogP contribution in [0.4, 0.5) is 0 Å². The number of alkyl halides is 3. The highest BCUT2D eigenvalue weighted by Gasteiger charge is 2.25. The zero-order valence-electron chi connectivity index (χ0n) is 10.4. The molecule has 0 aliphatic heterocycles. The van der Waals surface area contributed by atoms with E-state index < -0.39 is 26.7 Å². The molecule has 0 spiro atoms. The van der Waals surface area contributed by atoms with Gasteiger partial charge in [-0.1, -0.05) is 64.6 Å². The average molecular weight is 347 g/mol. The molecule has 1 N–H and O–H groups in total. The Morgan fingerprint density at radius 1 is 1.26 bits per heavy atom. The molecule has 1 atom stereocenters. The molecule has 0 aliphatic carbocycles. The van der Waals surface area contributed by atoms with E-state index in [-0.39, 0.29) is 0 Å². The number of hydrogen-bond donors (Lipinski definition) is 1. The molecule has 1 aromatic carbocycles. The van der Waals surface area contributed by atoms with Gasteiger partial charge < -0.3 is 0 Å². The highest BCUT2D eigenvalue weighted by atomic mass is 35.6. The van der Waals surface area contributed by atoms with E-state index in [4.69, 9.17) is 34.8 Å². The molecule has 0 aliphatic rings. The third-order valence-electron chi connectivity index (χ3n) is 2.28. The zero-order valence-corrected chi connectivity index (χ0v) is 13.4. The van der Waals surface area contributed by atoms with E-state index in [1.165, 1.54) is 0 Å². The van der Waals surface area contributed by atoms with Crippen LogP contribution in [-0.2, 0) is 14.5 Å². The van der Waals surface area contributed by atoms with Crippen molar-refractivity contribution in [1.29, 1.82) is 0 Å². The molecule has 1 aromatic rings. The zero-order chi connectivity index (χ0) is 14.7. The van der Waals surface area contributed by atoms with Crippen LogP contribution in [0.2, 0.25) is 0 Å². The Hall–Kier alpha value is -0.0400. The Labute approximate surface area is 128 Å². The largest absolute Gasteiger partial charge is 0.336 e. The third-order valence-corrected chi connectivity index (χ3v) is 3.67. The maximum atomic E-state index is 11.6. The van der Waals surface area contributed by atoms with Gasteiger partial charge >= 0.3 is 10.3 Å². The molecule has 1 rings (SSSR count). The summed E-state index contributed by atoms with van der Waals surface area (Å²) in [6.07, 6.45) is 0. The fraction of sp³-hybridized carbons (Fsp3) is 0.455. The minimum Gasteiger partial charge on any atom is -0.254 e. The van der Waals surface area contributed by atoms with Crippen LogP contribution in [0.3, 0.4) is 0 Å². The molecule has 0 heterocycles. The number of benzene rings is 1. The summed E-state index contributed by atoms with van der Waals surface area (Å²) in [5.41, 5.74) is 1.90. The van der Waals surface area contributed by atoms with Crippen molar-refractivity contribution < 1.29 is 12.6 Å². The summed E-state index contributed by atoms with van der Waals surface area (Å²) < 4.78 is 28.4. The van der Waals surface area contributed by atoms with Crippen LogP contribution in [0.15, 0.2) is 24.3 Å².